The Morgan fingerprint density at radius 3 is 2.48 bits per heavy atom. The van der Waals surface area contributed by atoms with Crippen LogP contribution in [-0.4, -0.2) is 16.1 Å². The predicted octanol–water partition coefficient (Wildman–Crippen LogP) is 4.18. The topological polar surface area (TPSA) is 59.4 Å². The zero-order valence-electron chi connectivity index (χ0n) is 12.7. The highest BCUT2D eigenvalue weighted by atomic mass is 16.5. The first-order valence-electron chi connectivity index (χ1n) is 6.76. The van der Waals surface area contributed by atoms with Crippen molar-refractivity contribution in [3.63, 3.8) is 0 Å². The van der Waals surface area contributed by atoms with E-state index in [9.17, 15) is 4.79 Å². The number of hydrogen-bond acceptors (Lipinski definition) is 3. The third-order valence-corrected chi connectivity index (χ3v) is 3.24. The second-order valence-electron chi connectivity index (χ2n) is 6.02. The van der Waals surface area contributed by atoms with Gasteiger partial charge in [-0.15, -0.1) is 0 Å². The van der Waals surface area contributed by atoms with Gasteiger partial charge in [0.15, 0.2) is 0 Å². The van der Waals surface area contributed by atoms with Gasteiger partial charge in [0.05, 0.1) is 5.56 Å². The highest BCUT2D eigenvalue weighted by Gasteiger charge is 2.15. The Balaban J connectivity index is 2.28. The van der Waals surface area contributed by atoms with Crippen molar-refractivity contribution in [1.82, 2.24) is 4.98 Å². The number of carboxylic acids is 1. The first-order chi connectivity index (χ1) is 9.77. The van der Waals surface area contributed by atoms with Crippen LogP contribution in [0.15, 0.2) is 36.5 Å². The minimum absolute atomic E-state index is 0.0742. The Hall–Kier alpha value is -2.36. The molecule has 0 spiro atoms. The highest BCUT2D eigenvalue weighted by molar-refractivity contribution is 5.87. The van der Waals surface area contributed by atoms with E-state index in [4.69, 9.17) is 9.84 Å². The standard InChI is InChI=1S/C17H19NO3/c1-11-9-13(17(2,3)4)5-6-14(11)21-15-10-12(16(19)20)7-8-18-15/h5-10H,1-4H3,(H,19,20). The summed E-state index contributed by atoms with van der Waals surface area (Å²) in [5.41, 5.74) is 2.44. The molecular formula is C17H19NO3. The summed E-state index contributed by atoms with van der Waals surface area (Å²) in [6.07, 6.45) is 1.43. The molecule has 1 heterocycles. The van der Waals surface area contributed by atoms with Crippen LogP contribution >= 0.6 is 0 Å². The van der Waals surface area contributed by atoms with E-state index in [1.807, 2.05) is 19.1 Å². The van der Waals surface area contributed by atoms with Gasteiger partial charge in [0, 0.05) is 12.3 Å². The maximum Gasteiger partial charge on any atom is 0.335 e. The fraction of sp³-hybridized carbons (Fsp3) is 0.294. The normalized spacial score (nSPS) is 11.2. The van der Waals surface area contributed by atoms with Gasteiger partial charge in [0.1, 0.15) is 5.75 Å². The van der Waals surface area contributed by atoms with E-state index in [0.717, 1.165) is 5.56 Å². The van der Waals surface area contributed by atoms with Gasteiger partial charge in [0.25, 0.3) is 0 Å². The van der Waals surface area contributed by atoms with Gasteiger partial charge in [-0.1, -0.05) is 32.9 Å². The SMILES string of the molecule is Cc1cc(C(C)(C)C)ccc1Oc1cc(C(=O)O)ccn1. The first-order valence-corrected chi connectivity index (χ1v) is 6.76. The molecule has 0 saturated heterocycles. The lowest BCUT2D eigenvalue weighted by molar-refractivity contribution is 0.0696. The maximum atomic E-state index is 10.9. The number of ether oxygens (including phenoxy) is 1. The van der Waals surface area contributed by atoms with E-state index >= 15 is 0 Å². The summed E-state index contributed by atoms with van der Waals surface area (Å²) in [5, 5.41) is 8.97. The number of aromatic nitrogens is 1. The van der Waals surface area contributed by atoms with Crippen molar-refractivity contribution in [3.8, 4) is 11.6 Å². The summed E-state index contributed by atoms with van der Waals surface area (Å²) in [5.74, 6) is -0.0402. The molecule has 1 aromatic carbocycles. The monoisotopic (exact) mass is 285 g/mol. The summed E-state index contributed by atoms with van der Waals surface area (Å²) in [6.45, 7) is 8.42. The second-order valence-corrected chi connectivity index (χ2v) is 6.02. The molecule has 0 atom stereocenters. The van der Waals surface area contributed by atoms with Gasteiger partial charge in [-0.2, -0.15) is 0 Å². The Morgan fingerprint density at radius 1 is 1.19 bits per heavy atom. The van der Waals surface area contributed by atoms with Crippen molar-refractivity contribution < 1.29 is 14.6 Å². The molecule has 110 valence electrons. The van der Waals surface area contributed by atoms with E-state index < -0.39 is 5.97 Å². The fourth-order valence-corrected chi connectivity index (χ4v) is 1.94. The molecule has 0 unspecified atom stereocenters. The van der Waals surface area contributed by atoms with Crippen molar-refractivity contribution >= 4 is 5.97 Å². The number of aryl methyl sites for hydroxylation is 1. The van der Waals surface area contributed by atoms with Crippen LogP contribution in [0.25, 0.3) is 0 Å². The summed E-state index contributed by atoms with van der Waals surface area (Å²) >= 11 is 0. The molecule has 0 amide bonds. The van der Waals surface area contributed by atoms with Crippen LogP contribution in [0, 0.1) is 6.92 Å². The van der Waals surface area contributed by atoms with E-state index in [2.05, 4.69) is 31.8 Å². The van der Waals surface area contributed by atoms with Crippen molar-refractivity contribution in [2.75, 3.05) is 0 Å². The van der Waals surface area contributed by atoms with E-state index in [1.54, 1.807) is 0 Å². The summed E-state index contributed by atoms with van der Waals surface area (Å²) in [4.78, 5) is 15.0. The van der Waals surface area contributed by atoms with Crippen molar-refractivity contribution in [2.24, 2.45) is 0 Å². The number of nitrogens with zero attached hydrogens (tertiary/aromatic N) is 1. The predicted molar refractivity (Wildman–Crippen MR) is 81.1 cm³/mol. The molecule has 0 aliphatic carbocycles. The molecule has 2 aromatic rings. The molecule has 0 aliphatic heterocycles. The lowest BCUT2D eigenvalue weighted by atomic mass is 9.86. The number of carbonyl (C=O) groups is 1. The lowest BCUT2D eigenvalue weighted by Crippen LogP contribution is -2.11. The van der Waals surface area contributed by atoms with Gasteiger partial charge < -0.3 is 9.84 Å². The van der Waals surface area contributed by atoms with E-state index in [0.29, 0.717) is 5.75 Å². The van der Waals surface area contributed by atoms with E-state index in [-0.39, 0.29) is 16.9 Å². The number of benzene rings is 1. The van der Waals surface area contributed by atoms with Crippen LogP contribution in [0.5, 0.6) is 11.6 Å². The molecule has 0 aliphatic rings. The molecule has 0 fully saturated rings. The van der Waals surface area contributed by atoms with Crippen LogP contribution < -0.4 is 4.74 Å². The Labute approximate surface area is 124 Å². The van der Waals surface area contributed by atoms with Crippen molar-refractivity contribution in [2.45, 2.75) is 33.1 Å². The quantitative estimate of drug-likeness (QED) is 0.919. The molecule has 1 aromatic heterocycles. The van der Waals surface area contributed by atoms with E-state index in [1.165, 1.54) is 23.9 Å². The number of carboxylic acid groups (broad SMARTS) is 1. The Kier molecular flexibility index (Phi) is 3.98. The van der Waals surface area contributed by atoms with Gasteiger partial charge in [0.2, 0.25) is 5.88 Å². The Bertz CT molecular complexity index is 672. The number of pyridine rings is 1. The zero-order chi connectivity index (χ0) is 15.6. The van der Waals surface area contributed by atoms with Gasteiger partial charge in [-0.3, -0.25) is 0 Å². The average molecular weight is 285 g/mol. The van der Waals surface area contributed by atoms with Gasteiger partial charge in [-0.05, 0) is 35.6 Å². The summed E-state index contributed by atoms with van der Waals surface area (Å²) < 4.78 is 5.69. The van der Waals surface area contributed by atoms with Crippen LogP contribution in [-0.2, 0) is 5.41 Å². The third kappa shape index (κ3) is 3.60. The molecule has 0 radical (unpaired) electrons. The van der Waals surface area contributed by atoms with Gasteiger partial charge >= 0.3 is 5.97 Å². The maximum absolute atomic E-state index is 10.9. The molecule has 2 rings (SSSR count). The molecule has 4 nitrogen and oxygen atoms in total. The largest absolute Gasteiger partial charge is 0.478 e. The minimum atomic E-state index is -0.998. The number of hydrogen-bond donors (Lipinski definition) is 1. The van der Waals surface area contributed by atoms with Gasteiger partial charge in [-0.25, -0.2) is 9.78 Å². The molecule has 0 saturated carbocycles. The molecule has 21 heavy (non-hydrogen) atoms. The zero-order valence-corrected chi connectivity index (χ0v) is 12.7. The van der Waals surface area contributed by atoms with Crippen LogP contribution in [0.1, 0.15) is 42.3 Å². The Morgan fingerprint density at radius 2 is 1.90 bits per heavy atom. The van der Waals surface area contributed by atoms with Crippen molar-refractivity contribution in [1.29, 1.82) is 0 Å². The molecule has 1 N–H and O–H groups in total. The molecular weight excluding hydrogens is 266 g/mol. The van der Waals surface area contributed by atoms with Crippen LogP contribution in [0.2, 0.25) is 0 Å². The lowest BCUT2D eigenvalue weighted by Gasteiger charge is -2.20. The smallest absolute Gasteiger partial charge is 0.335 e. The second kappa shape index (κ2) is 5.56. The summed E-state index contributed by atoms with van der Waals surface area (Å²) in [7, 11) is 0. The molecule has 4 heteroatoms. The van der Waals surface area contributed by atoms with Crippen LogP contribution in [0.4, 0.5) is 0 Å². The fourth-order valence-electron chi connectivity index (χ4n) is 1.94. The van der Waals surface area contributed by atoms with Crippen LogP contribution in [0.3, 0.4) is 0 Å². The number of aromatic carboxylic acids is 1. The highest BCUT2D eigenvalue weighted by Crippen LogP contribution is 2.29. The summed E-state index contributed by atoms with van der Waals surface area (Å²) in [6, 6.07) is 8.84. The average Bonchev–Trinajstić information content (AvgIpc) is 2.40. The minimum Gasteiger partial charge on any atom is -0.478 e. The first kappa shape index (κ1) is 15.0. The van der Waals surface area contributed by atoms with Crippen molar-refractivity contribution in [3.05, 3.63) is 53.2 Å². The number of rotatable bonds is 3. The molecule has 0 bridgehead atoms. The third-order valence-electron chi connectivity index (χ3n) is 3.24.